The summed E-state index contributed by atoms with van der Waals surface area (Å²) < 4.78 is 16.1. The number of aryl methyl sites for hydroxylation is 1. The van der Waals surface area contributed by atoms with Crippen molar-refractivity contribution < 1.29 is 9.50 Å². The first-order valence-corrected chi connectivity index (χ1v) is 12.1. The third-order valence-corrected chi connectivity index (χ3v) is 6.85. The third kappa shape index (κ3) is 4.75. The van der Waals surface area contributed by atoms with E-state index >= 15 is 0 Å². The van der Waals surface area contributed by atoms with Crippen molar-refractivity contribution in [3.8, 4) is 5.75 Å². The number of rotatable bonds is 6. The summed E-state index contributed by atoms with van der Waals surface area (Å²) >= 11 is 0. The zero-order chi connectivity index (χ0) is 25.1. The Balaban J connectivity index is 1.52. The summed E-state index contributed by atoms with van der Waals surface area (Å²) in [5.74, 6) is -0.245. The van der Waals surface area contributed by atoms with Crippen molar-refractivity contribution in [3.63, 3.8) is 0 Å². The maximum atomic E-state index is 14.4. The zero-order valence-electron chi connectivity index (χ0n) is 20.2. The Labute approximate surface area is 209 Å². The van der Waals surface area contributed by atoms with Crippen molar-refractivity contribution >= 4 is 5.69 Å². The molecule has 1 aliphatic heterocycles. The topological polar surface area (TPSA) is 61.6 Å². The number of halogens is 1. The lowest BCUT2D eigenvalue weighted by molar-refractivity contribution is 0.207. The minimum absolute atomic E-state index is 0.00896. The second-order valence-corrected chi connectivity index (χ2v) is 9.12. The lowest BCUT2D eigenvalue weighted by Crippen LogP contribution is -2.49. The summed E-state index contributed by atoms with van der Waals surface area (Å²) in [6.45, 7) is 4.65. The van der Waals surface area contributed by atoms with Gasteiger partial charge < -0.3 is 14.6 Å². The normalized spacial score (nSPS) is 15.1. The third-order valence-electron chi connectivity index (χ3n) is 6.85. The fraction of sp³-hybridized carbons (Fsp3) is 0.241. The summed E-state index contributed by atoms with van der Waals surface area (Å²) in [6.07, 6.45) is 3.45. The Morgan fingerprint density at radius 3 is 2.39 bits per heavy atom. The molecule has 0 aliphatic carbocycles. The van der Waals surface area contributed by atoms with Crippen LogP contribution >= 0.6 is 0 Å². The molecule has 0 saturated carbocycles. The van der Waals surface area contributed by atoms with Gasteiger partial charge in [0.2, 0.25) is 0 Å². The predicted octanol–water partition coefficient (Wildman–Crippen LogP) is 4.36. The fourth-order valence-corrected chi connectivity index (χ4v) is 5.02. The number of hydrogen-bond donors (Lipinski definition) is 1. The van der Waals surface area contributed by atoms with Crippen molar-refractivity contribution in [3.05, 3.63) is 124 Å². The molecule has 184 valence electrons. The van der Waals surface area contributed by atoms with Gasteiger partial charge in [-0.2, -0.15) is 0 Å². The summed E-state index contributed by atoms with van der Waals surface area (Å²) in [5.41, 5.74) is 3.25. The van der Waals surface area contributed by atoms with Gasteiger partial charge in [-0.3, -0.25) is 14.7 Å². The van der Waals surface area contributed by atoms with Crippen LogP contribution in [0, 0.1) is 12.7 Å². The molecule has 0 bridgehead atoms. The van der Waals surface area contributed by atoms with Crippen molar-refractivity contribution in [2.24, 2.45) is 0 Å². The van der Waals surface area contributed by atoms with Crippen LogP contribution in [0.25, 0.3) is 0 Å². The van der Waals surface area contributed by atoms with Crippen molar-refractivity contribution in [2.75, 3.05) is 31.1 Å². The summed E-state index contributed by atoms with van der Waals surface area (Å²) in [5, 5.41) is 11.1. The molecule has 0 radical (unpaired) electrons. The molecular formula is C29H29FN4O2. The molecule has 36 heavy (non-hydrogen) atoms. The minimum Gasteiger partial charge on any atom is -0.507 e. The van der Waals surface area contributed by atoms with Crippen LogP contribution < -0.4 is 10.5 Å². The Kier molecular flexibility index (Phi) is 6.82. The average Bonchev–Trinajstić information content (AvgIpc) is 2.90. The first-order chi connectivity index (χ1) is 17.5. The van der Waals surface area contributed by atoms with Gasteiger partial charge in [0.1, 0.15) is 11.6 Å². The maximum Gasteiger partial charge on any atom is 0.259 e. The van der Waals surface area contributed by atoms with Crippen LogP contribution in [0.15, 0.2) is 90.0 Å². The second-order valence-electron chi connectivity index (χ2n) is 9.12. The lowest BCUT2D eigenvalue weighted by atomic mass is 9.96. The molecule has 2 aromatic heterocycles. The number of aromatic nitrogens is 2. The van der Waals surface area contributed by atoms with Gasteiger partial charge >= 0.3 is 0 Å². The molecule has 1 fully saturated rings. The van der Waals surface area contributed by atoms with Gasteiger partial charge in [0.05, 0.1) is 23.8 Å². The van der Waals surface area contributed by atoms with Crippen molar-refractivity contribution in [2.45, 2.75) is 19.5 Å². The Hall–Kier alpha value is -3.97. The van der Waals surface area contributed by atoms with Crippen LogP contribution in [0.3, 0.4) is 0 Å². The Bertz CT molecular complexity index is 1380. The van der Waals surface area contributed by atoms with Crippen molar-refractivity contribution in [1.29, 1.82) is 0 Å². The van der Waals surface area contributed by atoms with Crippen LogP contribution in [0.4, 0.5) is 10.1 Å². The number of anilines is 1. The molecule has 7 heteroatoms. The van der Waals surface area contributed by atoms with Crippen LogP contribution in [0.1, 0.15) is 28.4 Å². The molecule has 5 rings (SSSR count). The highest BCUT2D eigenvalue weighted by Crippen LogP contribution is 2.34. The van der Waals surface area contributed by atoms with Crippen LogP contribution in [0.5, 0.6) is 5.75 Å². The van der Waals surface area contributed by atoms with Crippen LogP contribution in [0.2, 0.25) is 0 Å². The van der Waals surface area contributed by atoms with Gasteiger partial charge in [-0.25, -0.2) is 4.39 Å². The molecule has 6 nitrogen and oxygen atoms in total. The first-order valence-electron chi connectivity index (χ1n) is 12.1. The highest BCUT2D eigenvalue weighted by Gasteiger charge is 2.32. The van der Waals surface area contributed by atoms with E-state index < -0.39 is 6.04 Å². The second kappa shape index (κ2) is 10.3. The Morgan fingerprint density at radius 1 is 0.972 bits per heavy atom. The van der Waals surface area contributed by atoms with E-state index in [1.807, 2.05) is 60.4 Å². The summed E-state index contributed by atoms with van der Waals surface area (Å²) in [7, 11) is 0. The molecule has 0 spiro atoms. The van der Waals surface area contributed by atoms with E-state index in [0.29, 0.717) is 49.7 Å². The van der Waals surface area contributed by atoms with Crippen molar-refractivity contribution in [1.82, 2.24) is 14.5 Å². The molecule has 1 N–H and O–H groups in total. The van der Waals surface area contributed by atoms with E-state index in [2.05, 4.69) is 9.88 Å². The smallest absolute Gasteiger partial charge is 0.259 e. The number of aromatic hydroxyl groups is 1. The highest BCUT2D eigenvalue weighted by atomic mass is 19.1. The lowest BCUT2D eigenvalue weighted by Gasteiger charge is -2.40. The molecule has 2 aromatic carbocycles. The number of benzene rings is 2. The molecule has 1 saturated heterocycles. The van der Waals surface area contributed by atoms with E-state index in [-0.39, 0.29) is 17.1 Å². The first kappa shape index (κ1) is 23.8. The number of nitrogens with zero attached hydrogens (tertiary/aromatic N) is 4. The quantitative estimate of drug-likeness (QED) is 0.441. The predicted molar refractivity (Wildman–Crippen MR) is 139 cm³/mol. The number of piperazine rings is 1. The van der Waals surface area contributed by atoms with E-state index in [1.54, 1.807) is 35.2 Å². The molecular weight excluding hydrogens is 455 g/mol. The molecule has 1 unspecified atom stereocenters. The van der Waals surface area contributed by atoms with Gasteiger partial charge in [0.25, 0.3) is 5.56 Å². The van der Waals surface area contributed by atoms with Gasteiger partial charge in [-0.15, -0.1) is 0 Å². The Morgan fingerprint density at radius 2 is 1.69 bits per heavy atom. The zero-order valence-corrected chi connectivity index (χ0v) is 20.2. The molecule has 1 aliphatic rings. The number of para-hydroxylation sites is 1. The number of pyridine rings is 2. The molecule has 1 atom stereocenters. The van der Waals surface area contributed by atoms with Gasteiger partial charge in [-0.05, 0) is 42.3 Å². The fourth-order valence-electron chi connectivity index (χ4n) is 5.02. The average molecular weight is 485 g/mol. The highest BCUT2D eigenvalue weighted by molar-refractivity contribution is 5.48. The molecule has 0 amide bonds. The SMILES string of the molecule is Cc1cc(O)c(C(c2ccccc2)N2CCN(c3ccccc3F)CC2)c(=O)n1Cc1cccnc1. The van der Waals surface area contributed by atoms with E-state index in [9.17, 15) is 14.3 Å². The van der Waals surface area contributed by atoms with Crippen LogP contribution in [-0.4, -0.2) is 45.7 Å². The maximum absolute atomic E-state index is 14.4. The minimum atomic E-state index is -0.429. The summed E-state index contributed by atoms with van der Waals surface area (Å²) in [6, 6.07) is 21.6. The van der Waals surface area contributed by atoms with Crippen LogP contribution in [-0.2, 0) is 6.54 Å². The van der Waals surface area contributed by atoms with Gasteiger partial charge in [0, 0.05) is 44.3 Å². The standard InChI is InChI=1S/C29H29FN4O2/c1-21-18-26(35)27(29(36)34(21)20-22-8-7-13-31-19-22)28(23-9-3-2-4-10-23)33-16-14-32(15-17-33)25-12-6-5-11-24(25)30/h2-13,18-19,28,35H,14-17,20H2,1H3. The van der Waals surface area contributed by atoms with Gasteiger partial charge in [0.15, 0.2) is 0 Å². The largest absolute Gasteiger partial charge is 0.507 e. The van der Waals surface area contributed by atoms with E-state index in [4.69, 9.17) is 0 Å². The summed E-state index contributed by atoms with van der Waals surface area (Å²) in [4.78, 5) is 22.3. The molecule has 4 aromatic rings. The van der Waals surface area contributed by atoms with E-state index in [0.717, 1.165) is 11.1 Å². The van der Waals surface area contributed by atoms with E-state index in [1.165, 1.54) is 6.07 Å². The monoisotopic (exact) mass is 484 g/mol. The number of hydrogen-bond acceptors (Lipinski definition) is 5. The van der Waals surface area contributed by atoms with Gasteiger partial charge in [-0.1, -0.05) is 48.5 Å². The molecule has 3 heterocycles.